The van der Waals surface area contributed by atoms with E-state index in [9.17, 15) is 9.59 Å². The third-order valence-electron chi connectivity index (χ3n) is 5.22. The number of carbonyl (C=O) groups is 2. The molecule has 30 heavy (non-hydrogen) atoms. The van der Waals surface area contributed by atoms with Gasteiger partial charge in [0.05, 0.1) is 0 Å². The molecule has 5 nitrogen and oxygen atoms in total. The van der Waals surface area contributed by atoms with Gasteiger partial charge in [0, 0.05) is 25.2 Å². The lowest BCUT2D eigenvalue weighted by molar-refractivity contribution is -0.127. The Morgan fingerprint density at radius 1 is 1.07 bits per heavy atom. The van der Waals surface area contributed by atoms with E-state index in [-0.39, 0.29) is 24.5 Å². The number of ether oxygens (including phenoxy) is 1. The zero-order chi connectivity index (χ0) is 21.2. The number of likely N-dealkylation sites (tertiary alicyclic amines) is 1. The average Bonchev–Trinajstić information content (AvgIpc) is 2.78. The minimum atomic E-state index is -0.124. The summed E-state index contributed by atoms with van der Waals surface area (Å²) < 4.78 is 5.59. The SMILES string of the molecule is CCCc1ccc(OCC(=O)NC2CCN(C(=O)/C=C/c3ccccc3)CC2)cc1. The van der Waals surface area contributed by atoms with Crippen molar-refractivity contribution in [3.8, 4) is 5.75 Å². The van der Waals surface area contributed by atoms with Crippen LogP contribution >= 0.6 is 0 Å². The molecule has 0 aliphatic carbocycles. The highest BCUT2D eigenvalue weighted by Crippen LogP contribution is 2.14. The molecule has 1 saturated heterocycles. The first kappa shape index (κ1) is 21.6. The molecule has 0 atom stereocenters. The third-order valence-corrected chi connectivity index (χ3v) is 5.22. The van der Waals surface area contributed by atoms with Gasteiger partial charge in [-0.15, -0.1) is 0 Å². The zero-order valence-corrected chi connectivity index (χ0v) is 17.5. The van der Waals surface area contributed by atoms with E-state index in [4.69, 9.17) is 4.74 Å². The number of amides is 2. The van der Waals surface area contributed by atoms with Gasteiger partial charge in [0.1, 0.15) is 5.75 Å². The predicted octanol–water partition coefficient (Wildman–Crippen LogP) is 3.84. The molecule has 2 aromatic rings. The fourth-order valence-corrected chi connectivity index (χ4v) is 3.54. The lowest BCUT2D eigenvalue weighted by atomic mass is 10.0. The Morgan fingerprint density at radius 2 is 1.77 bits per heavy atom. The highest BCUT2D eigenvalue weighted by molar-refractivity contribution is 5.91. The van der Waals surface area contributed by atoms with Gasteiger partial charge < -0.3 is 15.0 Å². The van der Waals surface area contributed by atoms with Crippen LogP contribution in [-0.2, 0) is 16.0 Å². The van der Waals surface area contributed by atoms with Crippen LogP contribution in [0, 0.1) is 0 Å². The molecule has 1 N–H and O–H groups in total. The highest BCUT2D eigenvalue weighted by atomic mass is 16.5. The second-order valence-electron chi connectivity index (χ2n) is 7.59. The summed E-state index contributed by atoms with van der Waals surface area (Å²) in [5, 5.41) is 3.02. The van der Waals surface area contributed by atoms with Crippen LogP contribution in [0.4, 0.5) is 0 Å². The van der Waals surface area contributed by atoms with Gasteiger partial charge in [0.25, 0.3) is 5.91 Å². The van der Waals surface area contributed by atoms with Gasteiger partial charge in [-0.05, 0) is 48.6 Å². The van der Waals surface area contributed by atoms with Crippen LogP contribution < -0.4 is 10.1 Å². The van der Waals surface area contributed by atoms with Crippen molar-refractivity contribution in [3.05, 3.63) is 71.8 Å². The summed E-state index contributed by atoms with van der Waals surface area (Å²) in [6, 6.07) is 17.7. The van der Waals surface area contributed by atoms with E-state index >= 15 is 0 Å². The number of piperidine rings is 1. The molecule has 1 fully saturated rings. The van der Waals surface area contributed by atoms with E-state index in [0.29, 0.717) is 18.8 Å². The van der Waals surface area contributed by atoms with Gasteiger partial charge in [-0.25, -0.2) is 0 Å². The van der Waals surface area contributed by atoms with Gasteiger partial charge >= 0.3 is 0 Å². The number of hydrogen-bond acceptors (Lipinski definition) is 3. The fourth-order valence-electron chi connectivity index (χ4n) is 3.54. The van der Waals surface area contributed by atoms with Crippen molar-refractivity contribution in [2.75, 3.05) is 19.7 Å². The lowest BCUT2D eigenvalue weighted by Crippen LogP contribution is -2.47. The molecule has 158 valence electrons. The number of carbonyl (C=O) groups excluding carboxylic acids is 2. The number of benzene rings is 2. The van der Waals surface area contributed by atoms with Crippen LogP contribution in [0.2, 0.25) is 0 Å². The van der Waals surface area contributed by atoms with Gasteiger partial charge in [-0.3, -0.25) is 9.59 Å². The van der Waals surface area contributed by atoms with E-state index in [1.807, 2.05) is 65.6 Å². The van der Waals surface area contributed by atoms with Crippen LogP contribution in [-0.4, -0.2) is 42.5 Å². The predicted molar refractivity (Wildman–Crippen MR) is 119 cm³/mol. The summed E-state index contributed by atoms with van der Waals surface area (Å²) in [4.78, 5) is 26.4. The van der Waals surface area contributed by atoms with Crippen molar-refractivity contribution in [1.29, 1.82) is 0 Å². The van der Waals surface area contributed by atoms with Crippen LogP contribution in [0.5, 0.6) is 5.75 Å². The molecule has 0 radical (unpaired) electrons. The van der Waals surface area contributed by atoms with Crippen LogP contribution in [0.25, 0.3) is 6.08 Å². The molecule has 0 spiro atoms. The highest BCUT2D eigenvalue weighted by Gasteiger charge is 2.22. The fraction of sp³-hybridized carbons (Fsp3) is 0.360. The molecule has 3 rings (SSSR count). The Balaban J connectivity index is 1.37. The smallest absolute Gasteiger partial charge is 0.258 e. The molecule has 2 aromatic carbocycles. The summed E-state index contributed by atoms with van der Waals surface area (Å²) in [5.41, 5.74) is 2.28. The first-order valence-electron chi connectivity index (χ1n) is 10.7. The van der Waals surface area contributed by atoms with Crippen LogP contribution in [0.1, 0.15) is 37.3 Å². The Bertz CT molecular complexity index is 838. The van der Waals surface area contributed by atoms with E-state index in [1.165, 1.54) is 5.56 Å². The summed E-state index contributed by atoms with van der Waals surface area (Å²) in [7, 11) is 0. The maximum Gasteiger partial charge on any atom is 0.258 e. The molecule has 0 bridgehead atoms. The lowest BCUT2D eigenvalue weighted by Gasteiger charge is -2.31. The summed E-state index contributed by atoms with van der Waals surface area (Å²) in [6.07, 6.45) is 7.11. The summed E-state index contributed by atoms with van der Waals surface area (Å²) in [6.45, 7) is 3.44. The monoisotopic (exact) mass is 406 g/mol. The largest absolute Gasteiger partial charge is 0.484 e. The maximum atomic E-state index is 12.4. The molecule has 1 aliphatic heterocycles. The molecular formula is C25H30N2O3. The Morgan fingerprint density at radius 3 is 2.43 bits per heavy atom. The van der Waals surface area contributed by atoms with Crippen LogP contribution in [0.15, 0.2) is 60.7 Å². The number of rotatable bonds is 8. The minimum absolute atomic E-state index is 0.00603. The van der Waals surface area contributed by atoms with Gasteiger partial charge in [-0.2, -0.15) is 0 Å². The van der Waals surface area contributed by atoms with Crippen molar-refractivity contribution in [2.24, 2.45) is 0 Å². The second-order valence-corrected chi connectivity index (χ2v) is 7.59. The number of nitrogens with zero attached hydrogens (tertiary/aromatic N) is 1. The average molecular weight is 407 g/mol. The standard InChI is InChI=1S/C25H30N2O3/c1-2-6-20-9-12-23(13-10-20)30-19-24(28)26-22-15-17-27(18-16-22)25(29)14-11-21-7-4-3-5-8-21/h3-5,7-14,22H,2,6,15-19H2,1H3,(H,26,28)/b14-11+. The van der Waals surface area contributed by atoms with E-state index in [0.717, 1.165) is 31.2 Å². The van der Waals surface area contributed by atoms with Gasteiger partial charge in [0.15, 0.2) is 6.61 Å². The molecule has 1 aliphatic rings. The zero-order valence-electron chi connectivity index (χ0n) is 17.5. The van der Waals surface area contributed by atoms with Crippen molar-refractivity contribution in [2.45, 2.75) is 38.6 Å². The molecule has 0 aromatic heterocycles. The van der Waals surface area contributed by atoms with Crippen molar-refractivity contribution < 1.29 is 14.3 Å². The van der Waals surface area contributed by atoms with Crippen molar-refractivity contribution in [3.63, 3.8) is 0 Å². The second kappa shape index (κ2) is 11.2. The van der Waals surface area contributed by atoms with Gasteiger partial charge in [0.2, 0.25) is 5.91 Å². The van der Waals surface area contributed by atoms with E-state index < -0.39 is 0 Å². The van der Waals surface area contributed by atoms with E-state index in [1.54, 1.807) is 6.08 Å². The first-order chi connectivity index (χ1) is 14.6. The number of nitrogens with one attached hydrogen (secondary N) is 1. The summed E-state index contributed by atoms with van der Waals surface area (Å²) >= 11 is 0. The topological polar surface area (TPSA) is 58.6 Å². The maximum absolute atomic E-state index is 12.4. The third kappa shape index (κ3) is 6.76. The molecular weight excluding hydrogens is 376 g/mol. The Hall–Kier alpha value is -3.08. The molecule has 5 heteroatoms. The Labute approximate surface area is 178 Å². The molecule has 2 amide bonds. The minimum Gasteiger partial charge on any atom is -0.484 e. The molecule has 0 unspecified atom stereocenters. The normalized spacial score (nSPS) is 14.6. The summed E-state index contributed by atoms with van der Waals surface area (Å²) in [5.74, 6) is 0.593. The van der Waals surface area contributed by atoms with Gasteiger partial charge in [-0.1, -0.05) is 55.8 Å². The first-order valence-corrected chi connectivity index (χ1v) is 10.7. The van der Waals surface area contributed by atoms with E-state index in [2.05, 4.69) is 12.2 Å². The Kier molecular flexibility index (Phi) is 8.07. The van der Waals surface area contributed by atoms with Crippen molar-refractivity contribution in [1.82, 2.24) is 10.2 Å². The number of hydrogen-bond donors (Lipinski definition) is 1. The molecule has 0 saturated carbocycles. The van der Waals surface area contributed by atoms with Crippen molar-refractivity contribution >= 4 is 17.9 Å². The quantitative estimate of drug-likeness (QED) is 0.678. The molecule has 1 heterocycles. The number of aryl methyl sites for hydroxylation is 1. The van der Waals surface area contributed by atoms with Crippen LogP contribution in [0.3, 0.4) is 0 Å².